The normalized spacial score (nSPS) is 10.7. The van der Waals surface area contributed by atoms with Gasteiger partial charge < -0.3 is 5.43 Å². The molecule has 0 unspecified atom stereocenters. The van der Waals surface area contributed by atoms with Gasteiger partial charge in [-0.2, -0.15) is 0 Å². The monoisotopic (exact) mass is 221 g/mol. The van der Waals surface area contributed by atoms with Crippen LogP contribution in [0.5, 0.6) is 0 Å². The molecule has 0 atom stereocenters. The van der Waals surface area contributed by atoms with Crippen LogP contribution in [0.15, 0.2) is 18.2 Å². The van der Waals surface area contributed by atoms with Crippen LogP contribution >= 0.6 is 11.6 Å². The standard InChI is InChI=1S/C11H12ClN3/c1-6-7(2)14-10-4-3-8(12)5-9(10)11(6)15-13/h3-5H,13H2,1-2H3,(H,14,15). The molecule has 2 aromatic rings. The summed E-state index contributed by atoms with van der Waals surface area (Å²) in [6.45, 7) is 3.95. The van der Waals surface area contributed by atoms with Gasteiger partial charge in [-0.05, 0) is 37.6 Å². The second-order valence-corrected chi connectivity index (χ2v) is 3.94. The van der Waals surface area contributed by atoms with Gasteiger partial charge >= 0.3 is 0 Å². The lowest BCUT2D eigenvalue weighted by molar-refractivity contribution is 1.18. The summed E-state index contributed by atoms with van der Waals surface area (Å²) in [6, 6.07) is 5.59. The van der Waals surface area contributed by atoms with E-state index in [-0.39, 0.29) is 0 Å². The Balaban J connectivity index is 2.89. The summed E-state index contributed by atoms with van der Waals surface area (Å²) in [5.74, 6) is 5.51. The maximum absolute atomic E-state index is 5.94. The van der Waals surface area contributed by atoms with Gasteiger partial charge in [0.25, 0.3) is 0 Å². The number of hydrazine groups is 1. The molecule has 1 aromatic carbocycles. The lowest BCUT2D eigenvalue weighted by atomic mass is 10.1. The minimum Gasteiger partial charge on any atom is -0.323 e. The number of hydrogen-bond acceptors (Lipinski definition) is 3. The lowest BCUT2D eigenvalue weighted by Crippen LogP contribution is -2.10. The van der Waals surface area contributed by atoms with Crippen molar-refractivity contribution in [2.45, 2.75) is 13.8 Å². The molecule has 1 heterocycles. The molecule has 0 fully saturated rings. The minimum absolute atomic E-state index is 0.684. The first kappa shape index (κ1) is 10.2. The van der Waals surface area contributed by atoms with Crippen LogP contribution in [0.25, 0.3) is 10.9 Å². The van der Waals surface area contributed by atoms with Crippen molar-refractivity contribution in [1.82, 2.24) is 4.98 Å². The molecule has 78 valence electrons. The lowest BCUT2D eigenvalue weighted by Gasteiger charge is -2.11. The van der Waals surface area contributed by atoms with E-state index in [1.54, 1.807) is 0 Å². The number of halogens is 1. The van der Waals surface area contributed by atoms with Gasteiger partial charge in [0.15, 0.2) is 0 Å². The van der Waals surface area contributed by atoms with E-state index in [1.807, 2.05) is 32.0 Å². The summed E-state index contributed by atoms with van der Waals surface area (Å²) >= 11 is 5.94. The third-order valence-electron chi connectivity index (χ3n) is 2.58. The first-order valence-corrected chi connectivity index (χ1v) is 5.04. The van der Waals surface area contributed by atoms with Gasteiger partial charge in [0.1, 0.15) is 0 Å². The predicted octanol–water partition coefficient (Wildman–Crippen LogP) is 2.79. The largest absolute Gasteiger partial charge is 0.323 e. The molecule has 3 N–H and O–H groups in total. The Labute approximate surface area is 93.2 Å². The molecule has 0 radical (unpaired) electrons. The number of nitrogens with one attached hydrogen (secondary N) is 1. The van der Waals surface area contributed by atoms with Crippen molar-refractivity contribution >= 4 is 28.2 Å². The van der Waals surface area contributed by atoms with E-state index in [1.165, 1.54) is 0 Å². The SMILES string of the molecule is Cc1nc2ccc(Cl)cc2c(NN)c1C. The Morgan fingerprint density at radius 1 is 1.33 bits per heavy atom. The van der Waals surface area contributed by atoms with Crippen molar-refractivity contribution in [3.63, 3.8) is 0 Å². The third kappa shape index (κ3) is 1.64. The van der Waals surface area contributed by atoms with E-state index in [2.05, 4.69) is 10.4 Å². The Hall–Kier alpha value is -1.32. The van der Waals surface area contributed by atoms with Crippen molar-refractivity contribution in [3.8, 4) is 0 Å². The molecule has 0 aliphatic rings. The maximum atomic E-state index is 5.94. The van der Waals surface area contributed by atoms with Crippen molar-refractivity contribution in [2.75, 3.05) is 5.43 Å². The fourth-order valence-electron chi connectivity index (χ4n) is 1.64. The molecule has 0 bridgehead atoms. The first-order chi connectivity index (χ1) is 7.13. The Bertz CT molecular complexity index is 523. The molecule has 3 nitrogen and oxygen atoms in total. The van der Waals surface area contributed by atoms with Crippen molar-refractivity contribution in [1.29, 1.82) is 0 Å². The van der Waals surface area contributed by atoms with Crippen molar-refractivity contribution < 1.29 is 0 Å². The number of fused-ring (bicyclic) bond motifs is 1. The van der Waals surface area contributed by atoms with Gasteiger partial charge in [-0.25, -0.2) is 0 Å². The molecule has 15 heavy (non-hydrogen) atoms. The second-order valence-electron chi connectivity index (χ2n) is 3.50. The van der Waals surface area contributed by atoms with Crippen LogP contribution < -0.4 is 11.3 Å². The van der Waals surface area contributed by atoms with E-state index in [4.69, 9.17) is 17.4 Å². The average Bonchev–Trinajstić information content (AvgIpc) is 2.21. The third-order valence-corrected chi connectivity index (χ3v) is 2.81. The van der Waals surface area contributed by atoms with Crippen LogP contribution in [0.3, 0.4) is 0 Å². The number of rotatable bonds is 1. The van der Waals surface area contributed by atoms with E-state index in [0.29, 0.717) is 5.02 Å². The van der Waals surface area contributed by atoms with Gasteiger partial charge in [0.2, 0.25) is 0 Å². The summed E-state index contributed by atoms with van der Waals surface area (Å²) in [4.78, 5) is 4.47. The minimum atomic E-state index is 0.684. The highest BCUT2D eigenvalue weighted by atomic mass is 35.5. The number of hydrogen-bond donors (Lipinski definition) is 2. The fourth-order valence-corrected chi connectivity index (χ4v) is 1.81. The Kier molecular flexibility index (Phi) is 2.50. The number of pyridine rings is 1. The summed E-state index contributed by atoms with van der Waals surface area (Å²) in [6.07, 6.45) is 0. The molecule has 0 saturated heterocycles. The highest BCUT2D eigenvalue weighted by Gasteiger charge is 2.08. The number of nitrogens with two attached hydrogens (primary N) is 1. The van der Waals surface area contributed by atoms with E-state index in [0.717, 1.165) is 27.8 Å². The summed E-state index contributed by atoms with van der Waals surface area (Å²) in [5.41, 5.74) is 6.51. The van der Waals surface area contributed by atoms with Crippen molar-refractivity contribution in [3.05, 3.63) is 34.5 Å². The van der Waals surface area contributed by atoms with E-state index >= 15 is 0 Å². The fraction of sp³-hybridized carbons (Fsp3) is 0.182. The van der Waals surface area contributed by atoms with Crippen LogP contribution in [0.1, 0.15) is 11.3 Å². The molecule has 0 aliphatic heterocycles. The van der Waals surface area contributed by atoms with Gasteiger partial charge in [0, 0.05) is 16.1 Å². The summed E-state index contributed by atoms with van der Waals surface area (Å²) in [5, 5.41) is 1.64. The van der Waals surface area contributed by atoms with Gasteiger partial charge in [-0.3, -0.25) is 10.8 Å². The van der Waals surface area contributed by atoms with E-state index in [9.17, 15) is 0 Å². The maximum Gasteiger partial charge on any atom is 0.0727 e. The molecule has 0 aliphatic carbocycles. The number of nitrogens with zero attached hydrogens (tertiary/aromatic N) is 1. The summed E-state index contributed by atoms with van der Waals surface area (Å²) in [7, 11) is 0. The van der Waals surface area contributed by atoms with Crippen LogP contribution in [-0.4, -0.2) is 4.98 Å². The second kappa shape index (κ2) is 3.68. The zero-order valence-electron chi connectivity index (χ0n) is 8.63. The smallest absolute Gasteiger partial charge is 0.0727 e. The molecular formula is C11H12ClN3. The van der Waals surface area contributed by atoms with Crippen LogP contribution in [0, 0.1) is 13.8 Å². The molecule has 1 aromatic heterocycles. The van der Waals surface area contributed by atoms with E-state index < -0.39 is 0 Å². The van der Waals surface area contributed by atoms with Crippen LogP contribution in [0.2, 0.25) is 5.02 Å². The number of benzene rings is 1. The molecule has 2 rings (SSSR count). The average molecular weight is 222 g/mol. The van der Waals surface area contributed by atoms with Gasteiger partial charge in [0.05, 0.1) is 11.2 Å². The Morgan fingerprint density at radius 3 is 2.73 bits per heavy atom. The van der Waals surface area contributed by atoms with Crippen molar-refractivity contribution in [2.24, 2.45) is 5.84 Å². The molecule has 0 spiro atoms. The zero-order chi connectivity index (χ0) is 11.0. The molecule has 0 amide bonds. The quantitative estimate of drug-likeness (QED) is 0.575. The molecule has 4 heteroatoms. The Morgan fingerprint density at radius 2 is 2.07 bits per heavy atom. The number of anilines is 1. The number of aryl methyl sites for hydroxylation is 1. The number of aromatic nitrogens is 1. The highest BCUT2D eigenvalue weighted by Crippen LogP contribution is 2.28. The predicted molar refractivity (Wildman–Crippen MR) is 64.0 cm³/mol. The highest BCUT2D eigenvalue weighted by molar-refractivity contribution is 6.31. The topological polar surface area (TPSA) is 50.9 Å². The summed E-state index contributed by atoms with van der Waals surface area (Å²) < 4.78 is 0. The van der Waals surface area contributed by atoms with Crippen LogP contribution in [0.4, 0.5) is 5.69 Å². The zero-order valence-corrected chi connectivity index (χ0v) is 9.39. The number of nitrogen functional groups attached to an aromatic ring is 1. The molecule has 0 saturated carbocycles. The van der Waals surface area contributed by atoms with Gasteiger partial charge in [-0.15, -0.1) is 0 Å². The first-order valence-electron chi connectivity index (χ1n) is 4.66. The van der Waals surface area contributed by atoms with Gasteiger partial charge in [-0.1, -0.05) is 11.6 Å². The molecular weight excluding hydrogens is 210 g/mol. The van der Waals surface area contributed by atoms with Crippen LogP contribution in [-0.2, 0) is 0 Å².